The lowest BCUT2D eigenvalue weighted by Gasteiger charge is -2.42. The lowest BCUT2D eigenvalue weighted by atomic mass is 9.73. The van der Waals surface area contributed by atoms with Crippen LogP contribution in [0.2, 0.25) is 0 Å². The molecule has 2 fully saturated rings. The van der Waals surface area contributed by atoms with E-state index in [0.29, 0.717) is 6.54 Å². The van der Waals surface area contributed by atoms with Gasteiger partial charge in [0.15, 0.2) is 0 Å². The lowest BCUT2D eigenvalue weighted by molar-refractivity contribution is -0.145. The zero-order valence-electron chi connectivity index (χ0n) is 10.7. The van der Waals surface area contributed by atoms with Crippen molar-refractivity contribution in [2.75, 3.05) is 26.2 Å². The third-order valence-corrected chi connectivity index (χ3v) is 4.22. The lowest BCUT2D eigenvalue weighted by Crippen LogP contribution is -2.59. The molecule has 2 heterocycles. The number of hydrogen-bond acceptors (Lipinski definition) is 3. The van der Waals surface area contributed by atoms with Crippen molar-refractivity contribution in [3.63, 3.8) is 0 Å². The average Bonchev–Trinajstić information content (AvgIpc) is 2.70. The van der Waals surface area contributed by atoms with Gasteiger partial charge in [-0.05, 0) is 5.56 Å². The molecule has 4 nitrogen and oxygen atoms in total. The third-order valence-electron chi connectivity index (χ3n) is 4.22. The van der Waals surface area contributed by atoms with Crippen molar-refractivity contribution in [1.29, 1.82) is 0 Å². The normalized spacial score (nSPS) is 24.7. The predicted molar refractivity (Wildman–Crippen MR) is 75.4 cm³/mol. The highest BCUT2D eigenvalue weighted by Gasteiger charge is 2.53. The first-order valence-corrected chi connectivity index (χ1v) is 6.39. The highest BCUT2D eigenvalue weighted by atomic mass is 35.5. The molecule has 0 amide bonds. The number of likely N-dealkylation sites (tertiary alicyclic amines) is 1. The summed E-state index contributed by atoms with van der Waals surface area (Å²) in [4.78, 5) is 13.6. The van der Waals surface area contributed by atoms with Gasteiger partial charge in [-0.2, -0.15) is 0 Å². The second-order valence-electron chi connectivity index (χ2n) is 5.51. The average molecular weight is 283 g/mol. The van der Waals surface area contributed by atoms with Gasteiger partial charge < -0.3 is 10.4 Å². The molecule has 0 radical (unpaired) electrons. The SMILES string of the molecule is Cl.O=C(O)C1CN(Cc2ccccc2)CC12CNC2. The van der Waals surface area contributed by atoms with E-state index in [9.17, 15) is 9.90 Å². The Bertz CT molecular complexity index is 448. The van der Waals surface area contributed by atoms with E-state index in [0.717, 1.165) is 26.2 Å². The largest absolute Gasteiger partial charge is 0.481 e. The van der Waals surface area contributed by atoms with Crippen LogP contribution in [-0.4, -0.2) is 42.2 Å². The smallest absolute Gasteiger partial charge is 0.308 e. The highest BCUT2D eigenvalue weighted by Crippen LogP contribution is 2.40. The Balaban J connectivity index is 0.00000133. The Morgan fingerprint density at radius 1 is 1.37 bits per heavy atom. The summed E-state index contributed by atoms with van der Waals surface area (Å²) in [5.41, 5.74) is 1.23. The van der Waals surface area contributed by atoms with Crippen molar-refractivity contribution in [2.24, 2.45) is 11.3 Å². The van der Waals surface area contributed by atoms with Gasteiger partial charge in [-0.25, -0.2) is 0 Å². The van der Waals surface area contributed by atoms with Gasteiger partial charge in [-0.3, -0.25) is 9.69 Å². The van der Waals surface area contributed by atoms with Crippen LogP contribution in [0, 0.1) is 11.3 Å². The van der Waals surface area contributed by atoms with Crippen molar-refractivity contribution >= 4 is 18.4 Å². The van der Waals surface area contributed by atoms with E-state index in [1.165, 1.54) is 5.56 Å². The molecule has 2 N–H and O–H groups in total. The van der Waals surface area contributed by atoms with E-state index in [1.54, 1.807) is 0 Å². The molecule has 1 aromatic rings. The summed E-state index contributed by atoms with van der Waals surface area (Å²) in [6.45, 7) is 4.11. The van der Waals surface area contributed by atoms with Gasteiger partial charge in [0.1, 0.15) is 0 Å². The fourth-order valence-electron chi connectivity index (χ4n) is 3.18. The van der Waals surface area contributed by atoms with Crippen molar-refractivity contribution in [1.82, 2.24) is 10.2 Å². The molecule has 2 aliphatic rings. The zero-order chi connectivity index (χ0) is 12.6. The molecule has 3 rings (SSSR count). The monoisotopic (exact) mass is 282 g/mol. The number of nitrogens with one attached hydrogen (secondary N) is 1. The maximum absolute atomic E-state index is 11.4. The molecular weight excluding hydrogens is 264 g/mol. The van der Waals surface area contributed by atoms with Crippen LogP contribution in [0.25, 0.3) is 0 Å². The minimum Gasteiger partial charge on any atom is -0.481 e. The zero-order valence-corrected chi connectivity index (χ0v) is 11.5. The third kappa shape index (κ3) is 2.61. The Hall–Kier alpha value is -1.10. The minimum atomic E-state index is -0.646. The summed E-state index contributed by atoms with van der Waals surface area (Å²) in [6.07, 6.45) is 0. The number of hydrogen-bond donors (Lipinski definition) is 2. The summed E-state index contributed by atoms with van der Waals surface area (Å²) in [7, 11) is 0. The van der Waals surface area contributed by atoms with E-state index in [4.69, 9.17) is 0 Å². The van der Waals surface area contributed by atoms with Gasteiger partial charge in [0.25, 0.3) is 0 Å². The molecule has 0 aromatic heterocycles. The molecule has 5 heteroatoms. The molecule has 0 saturated carbocycles. The van der Waals surface area contributed by atoms with Crippen LogP contribution in [0.15, 0.2) is 30.3 Å². The summed E-state index contributed by atoms with van der Waals surface area (Å²) >= 11 is 0. The minimum absolute atomic E-state index is 0. The summed E-state index contributed by atoms with van der Waals surface area (Å²) in [5.74, 6) is -0.866. The van der Waals surface area contributed by atoms with Crippen molar-refractivity contribution < 1.29 is 9.90 Å². The number of benzene rings is 1. The second-order valence-corrected chi connectivity index (χ2v) is 5.51. The van der Waals surface area contributed by atoms with Gasteiger partial charge >= 0.3 is 5.97 Å². The first kappa shape index (κ1) is 14.3. The van der Waals surface area contributed by atoms with Crippen LogP contribution in [-0.2, 0) is 11.3 Å². The van der Waals surface area contributed by atoms with Crippen LogP contribution in [0.1, 0.15) is 5.56 Å². The van der Waals surface area contributed by atoms with Crippen molar-refractivity contribution in [3.05, 3.63) is 35.9 Å². The van der Waals surface area contributed by atoms with E-state index in [1.807, 2.05) is 18.2 Å². The predicted octanol–water partition coefficient (Wildman–Crippen LogP) is 1.21. The number of nitrogens with zero attached hydrogens (tertiary/aromatic N) is 1. The van der Waals surface area contributed by atoms with E-state index < -0.39 is 5.97 Å². The van der Waals surface area contributed by atoms with Gasteiger partial charge in [0.05, 0.1) is 5.92 Å². The van der Waals surface area contributed by atoms with Gasteiger partial charge in [0.2, 0.25) is 0 Å². The fraction of sp³-hybridized carbons (Fsp3) is 0.500. The maximum atomic E-state index is 11.4. The quantitative estimate of drug-likeness (QED) is 0.875. The molecule has 1 spiro atoms. The summed E-state index contributed by atoms with van der Waals surface area (Å²) in [5, 5.41) is 12.6. The fourth-order valence-corrected chi connectivity index (χ4v) is 3.18. The van der Waals surface area contributed by atoms with E-state index in [-0.39, 0.29) is 23.7 Å². The van der Waals surface area contributed by atoms with Crippen LogP contribution in [0.5, 0.6) is 0 Å². The molecule has 1 aromatic carbocycles. The molecule has 1 unspecified atom stereocenters. The molecule has 0 aliphatic carbocycles. The van der Waals surface area contributed by atoms with Gasteiger partial charge in [0, 0.05) is 38.1 Å². The summed E-state index contributed by atoms with van der Waals surface area (Å²) < 4.78 is 0. The number of carbonyl (C=O) groups is 1. The number of aliphatic carboxylic acids is 1. The van der Waals surface area contributed by atoms with E-state index >= 15 is 0 Å². The molecule has 104 valence electrons. The van der Waals surface area contributed by atoms with Crippen LogP contribution in [0.3, 0.4) is 0 Å². The molecule has 2 saturated heterocycles. The Labute approximate surface area is 119 Å². The molecule has 0 bridgehead atoms. The van der Waals surface area contributed by atoms with Gasteiger partial charge in [-0.1, -0.05) is 30.3 Å². The first-order chi connectivity index (χ1) is 8.70. The summed E-state index contributed by atoms with van der Waals surface area (Å²) in [6, 6.07) is 10.3. The number of halogens is 1. The van der Waals surface area contributed by atoms with Crippen LogP contribution >= 0.6 is 12.4 Å². The first-order valence-electron chi connectivity index (χ1n) is 6.39. The van der Waals surface area contributed by atoms with Gasteiger partial charge in [-0.15, -0.1) is 12.4 Å². The van der Waals surface area contributed by atoms with Crippen molar-refractivity contribution in [3.8, 4) is 0 Å². The van der Waals surface area contributed by atoms with Crippen LogP contribution in [0.4, 0.5) is 0 Å². The van der Waals surface area contributed by atoms with Crippen molar-refractivity contribution in [2.45, 2.75) is 6.54 Å². The molecule has 1 atom stereocenters. The maximum Gasteiger partial charge on any atom is 0.308 e. The Morgan fingerprint density at radius 3 is 2.53 bits per heavy atom. The second kappa shape index (κ2) is 5.49. The van der Waals surface area contributed by atoms with Crippen LogP contribution < -0.4 is 5.32 Å². The standard InChI is InChI=1S/C14H18N2O2.ClH/c17-13(18)12-7-16(10-14(12)8-15-9-14)6-11-4-2-1-3-5-11;/h1-5,12,15H,6-10H2,(H,17,18);1H. The van der Waals surface area contributed by atoms with E-state index in [2.05, 4.69) is 22.3 Å². The highest BCUT2D eigenvalue weighted by molar-refractivity contribution is 5.85. The Kier molecular flexibility index (Phi) is 4.13. The molecule has 2 aliphatic heterocycles. The molecule has 19 heavy (non-hydrogen) atoms. The number of rotatable bonds is 3. The molecular formula is C14H19ClN2O2. The number of carboxylic acids is 1. The Morgan fingerprint density at radius 2 is 2.05 bits per heavy atom. The number of carboxylic acid groups (broad SMARTS) is 1. The topological polar surface area (TPSA) is 52.6 Å².